The summed E-state index contributed by atoms with van der Waals surface area (Å²) in [5.74, 6) is 0.878. The van der Waals surface area contributed by atoms with Gasteiger partial charge in [0.05, 0.1) is 18.1 Å². The summed E-state index contributed by atoms with van der Waals surface area (Å²) < 4.78 is 5.67. The molecule has 104 valence electrons. The minimum Gasteiger partial charge on any atom is -0.494 e. The topological polar surface area (TPSA) is 59.0 Å². The van der Waals surface area contributed by atoms with E-state index in [9.17, 15) is 0 Å². The van der Waals surface area contributed by atoms with Crippen LogP contribution < -0.4 is 10.5 Å². The molecule has 19 heavy (non-hydrogen) atoms. The van der Waals surface area contributed by atoms with E-state index in [1.54, 1.807) is 0 Å². The van der Waals surface area contributed by atoms with Gasteiger partial charge in [-0.1, -0.05) is 12.1 Å². The summed E-state index contributed by atoms with van der Waals surface area (Å²) in [4.78, 5) is 0. The highest BCUT2D eigenvalue weighted by Crippen LogP contribution is 2.21. The quantitative estimate of drug-likeness (QED) is 0.765. The summed E-state index contributed by atoms with van der Waals surface area (Å²) >= 11 is 0. The third-order valence-corrected chi connectivity index (χ3v) is 3.00. The molecule has 0 radical (unpaired) electrons. The van der Waals surface area contributed by atoms with Crippen LogP contribution >= 0.6 is 0 Å². The minimum atomic E-state index is -0.259. The molecule has 0 saturated heterocycles. The fourth-order valence-corrected chi connectivity index (χ4v) is 1.85. The van der Waals surface area contributed by atoms with Crippen LogP contribution in [-0.2, 0) is 6.42 Å². The van der Waals surface area contributed by atoms with Gasteiger partial charge in [0.1, 0.15) is 5.75 Å². The molecule has 1 aromatic rings. The van der Waals surface area contributed by atoms with Crippen molar-refractivity contribution in [2.75, 3.05) is 6.61 Å². The van der Waals surface area contributed by atoms with E-state index in [0.717, 1.165) is 25.0 Å². The monoisotopic (exact) mass is 260 g/mol. The maximum atomic E-state index is 8.91. The van der Waals surface area contributed by atoms with Gasteiger partial charge in [0.15, 0.2) is 0 Å². The fraction of sp³-hybridized carbons (Fsp3) is 0.562. The predicted octanol–water partition coefficient (Wildman–Crippen LogP) is 3.29. The minimum absolute atomic E-state index is 0.181. The molecule has 0 aliphatic heterocycles. The largest absolute Gasteiger partial charge is 0.494 e. The van der Waals surface area contributed by atoms with Crippen LogP contribution in [0.5, 0.6) is 5.75 Å². The first-order valence-corrected chi connectivity index (χ1v) is 6.81. The maximum Gasteiger partial charge on any atom is 0.119 e. The average Bonchev–Trinajstić information content (AvgIpc) is 2.36. The van der Waals surface area contributed by atoms with Gasteiger partial charge in [-0.15, -0.1) is 0 Å². The summed E-state index contributed by atoms with van der Waals surface area (Å²) in [5, 5.41) is 8.91. The number of nitriles is 1. The Kier molecular flexibility index (Phi) is 5.85. The zero-order valence-electron chi connectivity index (χ0n) is 12.1. The van der Waals surface area contributed by atoms with Crippen molar-refractivity contribution in [1.29, 1.82) is 5.26 Å². The molecule has 1 rings (SSSR count). The Hall–Kier alpha value is -1.53. The van der Waals surface area contributed by atoms with Crippen molar-refractivity contribution in [2.45, 2.75) is 46.1 Å². The first kappa shape index (κ1) is 15.5. The van der Waals surface area contributed by atoms with Gasteiger partial charge in [-0.05, 0) is 57.7 Å². The van der Waals surface area contributed by atoms with Crippen LogP contribution in [0.15, 0.2) is 24.3 Å². The van der Waals surface area contributed by atoms with Gasteiger partial charge in [-0.3, -0.25) is 0 Å². The van der Waals surface area contributed by atoms with E-state index in [0.29, 0.717) is 6.61 Å². The lowest BCUT2D eigenvalue weighted by atomic mass is 9.90. The average molecular weight is 260 g/mol. The molecule has 0 amide bonds. The smallest absolute Gasteiger partial charge is 0.119 e. The Morgan fingerprint density at radius 2 is 1.95 bits per heavy atom. The summed E-state index contributed by atoms with van der Waals surface area (Å²) in [5.41, 5.74) is 6.73. The molecule has 3 heteroatoms. The van der Waals surface area contributed by atoms with Crippen molar-refractivity contribution in [3.63, 3.8) is 0 Å². The van der Waals surface area contributed by atoms with E-state index < -0.39 is 0 Å². The Labute approximate surface area is 116 Å². The molecule has 1 aromatic carbocycles. The highest BCUT2D eigenvalue weighted by Gasteiger charge is 2.15. The highest BCUT2D eigenvalue weighted by atomic mass is 16.5. The maximum absolute atomic E-state index is 8.91. The van der Waals surface area contributed by atoms with Crippen molar-refractivity contribution >= 4 is 0 Å². The summed E-state index contributed by atoms with van der Waals surface area (Å²) in [7, 11) is 0. The second kappa shape index (κ2) is 7.16. The van der Waals surface area contributed by atoms with Crippen LogP contribution in [0.1, 0.15) is 39.2 Å². The Bertz CT molecular complexity index is 415. The molecular weight excluding hydrogens is 236 g/mol. The third kappa shape index (κ3) is 6.26. The summed E-state index contributed by atoms with van der Waals surface area (Å²) in [6.07, 6.45) is 2.63. The van der Waals surface area contributed by atoms with E-state index in [-0.39, 0.29) is 11.5 Å². The normalized spacial score (nSPS) is 12.8. The highest BCUT2D eigenvalue weighted by molar-refractivity contribution is 5.27. The fourth-order valence-electron chi connectivity index (χ4n) is 1.85. The van der Waals surface area contributed by atoms with Gasteiger partial charge in [-0.25, -0.2) is 0 Å². The van der Waals surface area contributed by atoms with E-state index >= 15 is 0 Å². The first-order chi connectivity index (χ1) is 8.93. The van der Waals surface area contributed by atoms with Crippen LogP contribution in [0.25, 0.3) is 0 Å². The number of nitrogens with two attached hydrogens (primary N) is 1. The number of ether oxygens (including phenoxy) is 1. The van der Waals surface area contributed by atoms with Crippen LogP contribution in [0.4, 0.5) is 0 Å². The standard InChI is InChI=1S/C16H24N2O/c1-13(18)11-14-5-7-15(8-6-14)19-10-4-9-16(2,3)12-17/h5-8,13H,4,9-11,18H2,1-3H3. The molecule has 1 unspecified atom stereocenters. The lowest BCUT2D eigenvalue weighted by Gasteiger charge is -2.14. The van der Waals surface area contributed by atoms with Crippen LogP contribution in [0, 0.1) is 16.7 Å². The third-order valence-electron chi connectivity index (χ3n) is 3.00. The number of hydrogen-bond donors (Lipinski definition) is 1. The summed E-state index contributed by atoms with van der Waals surface area (Å²) in [6, 6.07) is 10.5. The zero-order valence-corrected chi connectivity index (χ0v) is 12.1. The number of nitrogens with zero attached hydrogens (tertiary/aromatic N) is 1. The Balaban J connectivity index is 2.33. The van der Waals surface area contributed by atoms with E-state index in [1.807, 2.05) is 32.9 Å². The van der Waals surface area contributed by atoms with Gasteiger partial charge >= 0.3 is 0 Å². The molecule has 2 N–H and O–H groups in total. The molecule has 3 nitrogen and oxygen atoms in total. The van der Waals surface area contributed by atoms with Crippen molar-refractivity contribution < 1.29 is 4.74 Å². The van der Waals surface area contributed by atoms with Gasteiger partial charge in [0.2, 0.25) is 0 Å². The Morgan fingerprint density at radius 1 is 1.32 bits per heavy atom. The van der Waals surface area contributed by atoms with Crippen molar-refractivity contribution in [3.05, 3.63) is 29.8 Å². The molecule has 0 bridgehead atoms. The molecule has 0 fully saturated rings. The molecule has 0 heterocycles. The van der Waals surface area contributed by atoms with E-state index in [1.165, 1.54) is 5.56 Å². The molecule has 0 spiro atoms. The summed E-state index contributed by atoms with van der Waals surface area (Å²) in [6.45, 7) is 6.56. The lowest BCUT2D eigenvalue weighted by Crippen LogP contribution is -2.17. The number of rotatable bonds is 7. The molecule has 1 atom stereocenters. The molecular formula is C16H24N2O. The van der Waals surface area contributed by atoms with Gasteiger partial charge in [-0.2, -0.15) is 5.26 Å². The van der Waals surface area contributed by atoms with Gasteiger partial charge in [0.25, 0.3) is 0 Å². The number of hydrogen-bond acceptors (Lipinski definition) is 3. The lowest BCUT2D eigenvalue weighted by molar-refractivity contribution is 0.284. The van der Waals surface area contributed by atoms with Gasteiger partial charge in [0, 0.05) is 6.04 Å². The molecule has 0 aliphatic rings. The predicted molar refractivity (Wildman–Crippen MR) is 77.9 cm³/mol. The molecule has 0 saturated carbocycles. The van der Waals surface area contributed by atoms with Gasteiger partial charge < -0.3 is 10.5 Å². The molecule has 0 aliphatic carbocycles. The van der Waals surface area contributed by atoms with Crippen molar-refractivity contribution in [2.24, 2.45) is 11.1 Å². The van der Waals surface area contributed by atoms with Crippen LogP contribution in [0.2, 0.25) is 0 Å². The van der Waals surface area contributed by atoms with E-state index in [2.05, 4.69) is 18.2 Å². The van der Waals surface area contributed by atoms with E-state index in [4.69, 9.17) is 15.7 Å². The van der Waals surface area contributed by atoms with Crippen molar-refractivity contribution in [1.82, 2.24) is 0 Å². The first-order valence-electron chi connectivity index (χ1n) is 6.81. The zero-order chi connectivity index (χ0) is 14.3. The second-order valence-electron chi connectivity index (χ2n) is 5.77. The van der Waals surface area contributed by atoms with Crippen LogP contribution in [-0.4, -0.2) is 12.6 Å². The van der Waals surface area contributed by atoms with Crippen LogP contribution in [0.3, 0.4) is 0 Å². The number of benzene rings is 1. The molecule has 0 aromatic heterocycles. The SMILES string of the molecule is CC(N)Cc1ccc(OCCCC(C)(C)C#N)cc1. The Morgan fingerprint density at radius 3 is 2.47 bits per heavy atom. The second-order valence-corrected chi connectivity index (χ2v) is 5.77. The van der Waals surface area contributed by atoms with Crippen molar-refractivity contribution in [3.8, 4) is 11.8 Å².